The monoisotopic (exact) mass is 366 g/mol. The lowest BCUT2D eigenvalue weighted by atomic mass is 10.0. The van der Waals surface area contributed by atoms with Crippen LogP contribution in [-0.4, -0.2) is 15.9 Å². The van der Waals surface area contributed by atoms with E-state index in [1.165, 1.54) is 6.07 Å². The Morgan fingerprint density at radius 3 is 2.73 bits per heavy atom. The van der Waals surface area contributed by atoms with Gasteiger partial charge in [-0.05, 0) is 36.4 Å². The number of amides is 1. The molecule has 0 aliphatic carbocycles. The van der Waals surface area contributed by atoms with E-state index in [2.05, 4.69) is 15.3 Å². The van der Waals surface area contributed by atoms with Crippen molar-refractivity contribution in [1.29, 1.82) is 0 Å². The summed E-state index contributed by atoms with van der Waals surface area (Å²) in [6.45, 7) is 0. The predicted molar refractivity (Wildman–Crippen MR) is 100 cm³/mol. The molecular formula is C19H12ClFN4O. The van der Waals surface area contributed by atoms with Crippen molar-refractivity contribution in [1.82, 2.24) is 9.97 Å². The molecule has 0 unspecified atom stereocenters. The quantitative estimate of drug-likeness (QED) is 0.526. The molecule has 3 N–H and O–H groups in total. The molecule has 0 aliphatic rings. The fourth-order valence-electron chi connectivity index (χ4n) is 2.90. The number of primary amides is 1. The number of nitrogens with one attached hydrogen (secondary N) is 1. The van der Waals surface area contributed by atoms with Crippen LogP contribution in [0.3, 0.4) is 0 Å². The zero-order valence-electron chi connectivity index (χ0n) is 13.3. The molecule has 0 aliphatic heterocycles. The normalized spacial score (nSPS) is 11.0. The van der Waals surface area contributed by atoms with Crippen molar-refractivity contribution < 1.29 is 9.18 Å². The number of carbonyl (C=O) groups excluding carboxylic acids is 1. The van der Waals surface area contributed by atoms with E-state index in [9.17, 15) is 9.18 Å². The van der Waals surface area contributed by atoms with Crippen LogP contribution in [0.1, 0.15) is 10.4 Å². The Labute approximate surface area is 152 Å². The molecule has 5 nitrogen and oxygen atoms in total. The van der Waals surface area contributed by atoms with Crippen molar-refractivity contribution in [2.75, 3.05) is 5.32 Å². The number of hydrogen-bond donors (Lipinski definition) is 2. The van der Waals surface area contributed by atoms with E-state index in [1.54, 1.807) is 36.7 Å². The molecule has 0 atom stereocenters. The molecule has 26 heavy (non-hydrogen) atoms. The SMILES string of the molecule is NC(=O)c1cc(F)cc2c1nc(Nc1cccc(Cl)c1)c1ccncc12. The number of pyridine rings is 2. The van der Waals surface area contributed by atoms with Gasteiger partial charge >= 0.3 is 0 Å². The van der Waals surface area contributed by atoms with Crippen molar-refractivity contribution in [2.24, 2.45) is 5.73 Å². The van der Waals surface area contributed by atoms with Crippen LogP contribution >= 0.6 is 11.6 Å². The van der Waals surface area contributed by atoms with Crippen LogP contribution < -0.4 is 11.1 Å². The summed E-state index contributed by atoms with van der Waals surface area (Å²) in [5, 5.41) is 5.62. The number of aromatic nitrogens is 2. The van der Waals surface area contributed by atoms with Gasteiger partial charge in [0.25, 0.3) is 5.91 Å². The molecule has 2 aromatic heterocycles. The van der Waals surface area contributed by atoms with Crippen LogP contribution in [-0.2, 0) is 0 Å². The highest BCUT2D eigenvalue weighted by molar-refractivity contribution is 6.30. The summed E-state index contributed by atoms with van der Waals surface area (Å²) in [4.78, 5) is 20.4. The summed E-state index contributed by atoms with van der Waals surface area (Å²) in [5.74, 6) is -0.820. The fraction of sp³-hybridized carbons (Fsp3) is 0. The Balaban J connectivity index is 2.04. The largest absolute Gasteiger partial charge is 0.366 e. The highest BCUT2D eigenvalue weighted by Gasteiger charge is 2.16. The van der Waals surface area contributed by atoms with Gasteiger partial charge in [-0.25, -0.2) is 9.37 Å². The number of nitrogens with zero attached hydrogens (tertiary/aromatic N) is 2. The smallest absolute Gasteiger partial charge is 0.251 e. The van der Waals surface area contributed by atoms with Gasteiger partial charge in [0.1, 0.15) is 11.6 Å². The Kier molecular flexibility index (Phi) is 3.89. The van der Waals surface area contributed by atoms with Crippen LogP contribution in [0.5, 0.6) is 0 Å². The number of halogens is 2. The summed E-state index contributed by atoms with van der Waals surface area (Å²) >= 11 is 6.04. The second-order valence-electron chi connectivity index (χ2n) is 5.73. The van der Waals surface area contributed by atoms with Crippen LogP contribution in [0.2, 0.25) is 5.02 Å². The van der Waals surface area contributed by atoms with Crippen molar-refractivity contribution in [3.05, 3.63) is 71.3 Å². The third-order valence-corrected chi connectivity index (χ3v) is 4.25. The van der Waals surface area contributed by atoms with Crippen molar-refractivity contribution in [3.8, 4) is 0 Å². The Morgan fingerprint density at radius 1 is 1.12 bits per heavy atom. The summed E-state index contributed by atoms with van der Waals surface area (Å²) < 4.78 is 14.0. The van der Waals surface area contributed by atoms with E-state index in [0.29, 0.717) is 27.1 Å². The standard InChI is InChI=1S/C19H12ClFN4O/c20-10-2-1-3-12(6-10)24-19-13-4-5-23-9-16(13)14-7-11(21)8-15(18(22)26)17(14)25-19/h1-9H,(H2,22,26)(H,24,25). The molecule has 4 rings (SSSR count). The van der Waals surface area contributed by atoms with Crippen LogP contribution in [0, 0.1) is 5.82 Å². The molecule has 128 valence electrons. The molecule has 7 heteroatoms. The van der Waals surface area contributed by atoms with E-state index in [-0.39, 0.29) is 5.56 Å². The topological polar surface area (TPSA) is 80.9 Å². The number of rotatable bonds is 3. The van der Waals surface area contributed by atoms with Crippen LogP contribution in [0.25, 0.3) is 21.7 Å². The van der Waals surface area contributed by atoms with E-state index in [4.69, 9.17) is 17.3 Å². The third kappa shape index (κ3) is 2.80. The number of hydrogen-bond acceptors (Lipinski definition) is 4. The van der Waals surface area contributed by atoms with Gasteiger partial charge in [0.15, 0.2) is 0 Å². The second kappa shape index (κ2) is 6.24. The lowest BCUT2D eigenvalue weighted by Gasteiger charge is -2.13. The first-order chi connectivity index (χ1) is 12.5. The number of carbonyl (C=O) groups is 1. The minimum atomic E-state index is -0.751. The lowest BCUT2D eigenvalue weighted by Crippen LogP contribution is -2.13. The fourth-order valence-corrected chi connectivity index (χ4v) is 3.09. The first kappa shape index (κ1) is 16.2. The van der Waals surface area contributed by atoms with Gasteiger partial charge in [0.2, 0.25) is 0 Å². The van der Waals surface area contributed by atoms with Crippen molar-refractivity contribution in [2.45, 2.75) is 0 Å². The maximum atomic E-state index is 14.0. The highest BCUT2D eigenvalue weighted by Crippen LogP contribution is 2.32. The number of nitrogens with two attached hydrogens (primary N) is 1. The van der Waals surface area contributed by atoms with E-state index in [1.807, 2.05) is 6.07 Å². The molecule has 2 heterocycles. The maximum absolute atomic E-state index is 14.0. The summed E-state index contributed by atoms with van der Waals surface area (Å²) in [6, 6.07) is 11.3. The van der Waals surface area contributed by atoms with Gasteiger partial charge < -0.3 is 11.1 Å². The summed E-state index contributed by atoms with van der Waals surface area (Å²) in [7, 11) is 0. The molecule has 0 radical (unpaired) electrons. The molecule has 2 aromatic carbocycles. The minimum Gasteiger partial charge on any atom is -0.366 e. The molecular weight excluding hydrogens is 355 g/mol. The Morgan fingerprint density at radius 2 is 1.96 bits per heavy atom. The van der Waals surface area contributed by atoms with Gasteiger partial charge in [-0.2, -0.15) is 0 Å². The highest BCUT2D eigenvalue weighted by atomic mass is 35.5. The molecule has 0 fully saturated rings. The zero-order valence-corrected chi connectivity index (χ0v) is 14.1. The predicted octanol–water partition coefficient (Wildman–Crippen LogP) is 4.42. The number of fused-ring (bicyclic) bond motifs is 3. The molecule has 4 aromatic rings. The Hall–Kier alpha value is -3.25. The van der Waals surface area contributed by atoms with Gasteiger partial charge in [-0.15, -0.1) is 0 Å². The molecule has 1 amide bonds. The van der Waals surface area contributed by atoms with E-state index < -0.39 is 11.7 Å². The average molecular weight is 367 g/mol. The number of benzene rings is 2. The Bertz CT molecular complexity index is 1180. The minimum absolute atomic E-state index is 0.0138. The third-order valence-electron chi connectivity index (χ3n) is 4.02. The maximum Gasteiger partial charge on any atom is 0.251 e. The molecule has 0 saturated heterocycles. The van der Waals surface area contributed by atoms with E-state index in [0.717, 1.165) is 17.1 Å². The van der Waals surface area contributed by atoms with Crippen molar-refractivity contribution in [3.63, 3.8) is 0 Å². The first-order valence-corrected chi connectivity index (χ1v) is 8.10. The first-order valence-electron chi connectivity index (χ1n) is 7.72. The second-order valence-corrected chi connectivity index (χ2v) is 6.17. The summed E-state index contributed by atoms with van der Waals surface area (Å²) in [5.41, 5.74) is 6.47. The van der Waals surface area contributed by atoms with Crippen LogP contribution in [0.15, 0.2) is 54.9 Å². The van der Waals surface area contributed by atoms with Gasteiger partial charge in [0.05, 0.1) is 11.1 Å². The van der Waals surface area contributed by atoms with E-state index >= 15 is 0 Å². The average Bonchev–Trinajstić information content (AvgIpc) is 2.62. The summed E-state index contributed by atoms with van der Waals surface area (Å²) in [6.07, 6.45) is 3.22. The molecule has 0 bridgehead atoms. The van der Waals surface area contributed by atoms with Crippen LogP contribution in [0.4, 0.5) is 15.9 Å². The molecule has 0 saturated carbocycles. The van der Waals surface area contributed by atoms with Crippen molar-refractivity contribution >= 4 is 50.7 Å². The zero-order chi connectivity index (χ0) is 18.3. The number of anilines is 2. The lowest BCUT2D eigenvalue weighted by molar-refractivity contribution is 0.100. The van der Waals surface area contributed by atoms with Gasteiger partial charge in [-0.1, -0.05) is 17.7 Å². The van der Waals surface area contributed by atoms with Gasteiger partial charge in [0, 0.05) is 39.3 Å². The van der Waals surface area contributed by atoms with Gasteiger partial charge in [-0.3, -0.25) is 9.78 Å². The molecule has 0 spiro atoms.